The zero-order chi connectivity index (χ0) is 23.2. The Morgan fingerprint density at radius 3 is 2.15 bits per heavy atom. The molecule has 4 saturated carbocycles. The van der Waals surface area contributed by atoms with E-state index in [0.717, 1.165) is 31.4 Å². The van der Waals surface area contributed by atoms with Gasteiger partial charge in [-0.1, -0.05) is 0 Å². The number of sulfonamides is 1. The molecule has 2 N–H and O–H groups in total. The van der Waals surface area contributed by atoms with Gasteiger partial charge >= 0.3 is 0 Å². The van der Waals surface area contributed by atoms with E-state index in [2.05, 4.69) is 10.0 Å². The molecular weight excluding hydrogens is 450 g/mol. The van der Waals surface area contributed by atoms with Crippen molar-refractivity contribution in [2.45, 2.75) is 49.0 Å². The van der Waals surface area contributed by atoms with Crippen molar-refractivity contribution in [3.8, 4) is 5.75 Å². The van der Waals surface area contributed by atoms with Gasteiger partial charge in [0.2, 0.25) is 10.0 Å². The Balaban J connectivity index is 1.20. The van der Waals surface area contributed by atoms with Crippen LogP contribution in [0.25, 0.3) is 0 Å². The van der Waals surface area contributed by atoms with Crippen LogP contribution in [0.3, 0.4) is 0 Å². The first-order valence-corrected chi connectivity index (χ1v) is 12.7. The first-order chi connectivity index (χ1) is 15.7. The number of ether oxygens (including phenoxy) is 1. The third kappa shape index (κ3) is 4.75. The maximum atomic E-state index is 13.6. The fourth-order valence-corrected chi connectivity index (χ4v) is 7.66. The number of benzene rings is 2. The van der Waals surface area contributed by atoms with Crippen LogP contribution in [0.1, 0.15) is 38.5 Å². The van der Waals surface area contributed by atoms with E-state index >= 15 is 0 Å². The molecule has 4 bridgehead atoms. The number of carbonyl (C=O) groups is 1. The Kier molecular flexibility index (Phi) is 5.64. The maximum Gasteiger partial charge on any atom is 0.262 e. The fourth-order valence-electron chi connectivity index (χ4n) is 6.23. The quantitative estimate of drug-likeness (QED) is 0.627. The minimum atomic E-state index is -3.68. The zero-order valence-corrected chi connectivity index (χ0v) is 18.8. The molecule has 0 heterocycles. The van der Waals surface area contributed by atoms with Gasteiger partial charge in [-0.25, -0.2) is 21.9 Å². The highest BCUT2D eigenvalue weighted by Crippen LogP contribution is 2.56. The van der Waals surface area contributed by atoms with Crippen molar-refractivity contribution in [2.75, 3.05) is 11.9 Å². The molecule has 2 aromatic rings. The molecule has 0 aliphatic heterocycles. The summed E-state index contributed by atoms with van der Waals surface area (Å²) in [6.45, 7) is -0.476. The molecule has 0 unspecified atom stereocenters. The topological polar surface area (TPSA) is 84.5 Å². The highest BCUT2D eigenvalue weighted by molar-refractivity contribution is 7.89. The lowest BCUT2D eigenvalue weighted by Crippen LogP contribution is -2.59. The molecule has 0 aromatic heterocycles. The van der Waals surface area contributed by atoms with Gasteiger partial charge in [0, 0.05) is 17.3 Å². The molecule has 0 saturated heterocycles. The fraction of sp³-hybridized carbons (Fsp3) is 0.458. The summed E-state index contributed by atoms with van der Waals surface area (Å²) in [4.78, 5) is 12.3. The van der Waals surface area contributed by atoms with Crippen LogP contribution >= 0.6 is 0 Å². The molecule has 4 aliphatic carbocycles. The predicted octanol–water partition coefficient (Wildman–Crippen LogP) is 4.23. The molecule has 0 atom stereocenters. The Morgan fingerprint density at radius 2 is 1.58 bits per heavy atom. The van der Waals surface area contributed by atoms with Crippen LogP contribution in [0.15, 0.2) is 47.4 Å². The van der Waals surface area contributed by atoms with Crippen molar-refractivity contribution in [1.82, 2.24) is 4.72 Å². The number of halogens is 2. The highest BCUT2D eigenvalue weighted by atomic mass is 32.2. The Hall–Kier alpha value is -2.52. The second-order valence-corrected chi connectivity index (χ2v) is 11.4. The second kappa shape index (κ2) is 8.36. The lowest BCUT2D eigenvalue weighted by molar-refractivity contribution is -0.118. The Labute approximate surface area is 191 Å². The summed E-state index contributed by atoms with van der Waals surface area (Å²) in [5, 5.41) is 2.57. The summed E-state index contributed by atoms with van der Waals surface area (Å²) in [6.07, 6.45) is 6.44. The van der Waals surface area contributed by atoms with Crippen molar-refractivity contribution in [1.29, 1.82) is 0 Å². The van der Waals surface area contributed by atoms with Crippen LogP contribution in [-0.4, -0.2) is 26.5 Å². The van der Waals surface area contributed by atoms with Crippen LogP contribution in [0.5, 0.6) is 5.75 Å². The zero-order valence-electron chi connectivity index (χ0n) is 18.0. The predicted molar refractivity (Wildman–Crippen MR) is 118 cm³/mol. The van der Waals surface area contributed by atoms with E-state index in [4.69, 9.17) is 4.74 Å². The van der Waals surface area contributed by atoms with Crippen molar-refractivity contribution >= 4 is 21.6 Å². The van der Waals surface area contributed by atoms with Gasteiger partial charge in [-0.15, -0.1) is 0 Å². The minimum absolute atomic E-state index is 0.154. The molecule has 176 valence electrons. The van der Waals surface area contributed by atoms with Gasteiger partial charge in [0.1, 0.15) is 5.82 Å². The highest BCUT2D eigenvalue weighted by Gasteiger charge is 2.52. The summed E-state index contributed by atoms with van der Waals surface area (Å²) >= 11 is 0. The molecule has 4 fully saturated rings. The average molecular weight is 477 g/mol. The first kappa shape index (κ1) is 22.3. The van der Waals surface area contributed by atoms with Crippen LogP contribution in [0, 0.1) is 29.4 Å². The molecule has 0 spiro atoms. The Bertz CT molecular complexity index is 1130. The smallest absolute Gasteiger partial charge is 0.262 e. The van der Waals surface area contributed by atoms with Crippen molar-refractivity contribution in [3.63, 3.8) is 0 Å². The van der Waals surface area contributed by atoms with Crippen LogP contribution < -0.4 is 14.8 Å². The van der Waals surface area contributed by atoms with E-state index in [-0.39, 0.29) is 16.2 Å². The van der Waals surface area contributed by atoms with Crippen LogP contribution in [-0.2, 0) is 14.8 Å². The normalized spacial score (nSPS) is 28.0. The third-order valence-corrected chi connectivity index (χ3v) is 8.68. The van der Waals surface area contributed by atoms with Crippen LogP contribution in [0.4, 0.5) is 14.5 Å². The number of hydrogen-bond acceptors (Lipinski definition) is 4. The first-order valence-electron chi connectivity index (χ1n) is 11.2. The molecule has 0 radical (unpaired) electrons. The van der Waals surface area contributed by atoms with Gasteiger partial charge in [-0.3, -0.25) is 4.79 Å². The average Bonchev–Trinajstić information content (AvgIpc) is 2.72. The third-order valence-electron chi connectivity index (χ3n) is 7.09. The van der Waals surface area contributed by atoms with E-state index in [9.17, 15) is 22.0 Å². The standard InChI is InChI=1S/C24H26F2N2O4S/c25-18-1-6-22(21(26)10-18)32-14-23(29)27-19-2-4-20(5-3-19)33(30,31)28-24-11-15-7-16(12-24)9-17(8-15)13-24/h1-6,10,15-17,28H,7-9,11-14H2,(H,27,29). The molecule has 2 aromatic carbocycles. The van der Waals surface area contributed by atoms with Gasteiger partial charge in [-0.2, -0.15) is 0 Å². The number of nitrogens with one attached hydrogen (secondary N) is 2. The molecule has 33 heavy (non-hydrogen) atoms. The second-order valence-electron chi connectivity index (χ2n) is 9.74. The van der Waals surface area contributed by atoms with Gasteiger partial charge < -0.3 is 10.1 Å². The van der Waals surface area contributed by atoms with E-state index in [1.54, 1.807) is 0 Å². The maximum absolute atomic E-state index is 13.6. The summed E-state index contributed by atoms with van der Waals surface area (Å²) in [5.41, 5.74) is 0.0601. The monoisotopic (exact) mass is 476 g/mol. The number of hydrogen-bond donors (Lipinski definition) is 2. The summed E-state index contributed by atoms with van der Waals surface area (Å²) < 4.78 is 60.8. The summed E-state index contributed by atoms with van der Waals surface area (Å²) in [7, 11) is -3.68. The van der Waals surface area contributed by atoms with Crippen molar-refractivity contribution in [2.24, 2.45) is 17.8 Å². The summed E-state index contributed by atoms with van der Waals surface area (Å²) in [6, 6.07) is 8.73. The molecule has 6 nitrogen and oxygen atoms in total. The van der Waals surface area contributed by atoms with E-state index in [1.807, 2.05) is 0 Å². The van der Waals surface area contributed by atoms with Gasteiger partial charge in [-0.05, 0) is 92.7 Å². The van der Waals surface area contributed by atoms with Gasteiger partial charge in [0.05, 0.1) is 4.90 Å². The molecule has 1 amide bonds. The number of rotatable bonds is 7. The molecule has 6 rings (SSSR count). The Morgan fingerprint density at radius 1 is 0.970 bits per heavy atom. The minimum Gasteiger partial charge on any atom is -0.481 e. The lowest BCUT2D eigenvalue weighted by atomic mass is 9.53. The molecular formula is C24H26F2N2O4S. The molecule has 9 heteroatoms. The van der Waals surface area contributed by atoms with E-state index < -0.39 is 34.2 Å². The van der Waals surface area contributed by atoms with Crippen LogP contribution in [0.2, 0.25) is 0 Å². The van der Waals surface area contributed by atoms with Crippen molar-refractivity contribution < 1.29 is 26.7 Å². The SMILES string of the molecule is O=C(COc1ccc(F)cc1F)Nc1ccc(S(=O)(=O)NC23CC4CC(CC(C4)C2)C3)cc1. The number of carbonyl (C=O) groups excluding carboxylic acids is 1. The van der Waals surface area contributed by atoms with Gasteiger partial charge in [0.15, 0.2) is 18.2 Å². The van der Waals surface area contributed by atoms with Gasteiger partial charge in [0.25, 0.3) is 5.91 Å². The summed E-state index contributed by atoms with van der Waals surface area (Å²) in [5.74, 6) is -0.544. The largest absolute Gasteiger partial charge is 0.481 e. The van der Waals surface area contributed by atoms with Crippen molar-refractivity contribution in [3.05, 3.63) is 54.1 Å². The molecule has 4 aliphatic rings. The number of anilines is 1. The lowest BCUT2D eigenvalue weighted by Gasteiger charge is -2.56. The number of amides is 1. The van der Waals surface area contributed by atoms with E-state index in [1.165, 1.54) is 43.5 Å². The van der Waals surface area contributed by atoms with E-state index in [0.29, 0.717) is 29.5 Å².